The highest BCUT2D eigenvalue weighted by Crippen LogP contribution is 2.15. The molecule has 1 aromatic heterocycles. The van der Waals surface area contributed by atoms with Gasteiger partial charge in [-0.05, 0) is 36.4 Å². The number of carbonyl (C=O) groups is 1. The first-order valence-electron chi connectivity index (χ1n) is 7.88. The van der Waals surface area contributed by atoms with Gasteiger partial charge in [0.05, 0.1) is 4.90 Å². The summed E-state index contributed by atoms with van der Waals surface area (Å²) in [6.07, 6.45) is 0. The molecule has 0 aliphatic heterocycles. The molecule has 0 aliphatic carbocycles. The third-order valence-electron chi connectivity index (χ3n) is 3.46. The predicted octanol–water partition coefficient (Wildman–Crippen LogP) is 2.76. The van der Waals surface area contributed by atoms with E-state index in [0.29, 0.717) is 29.7 Å². The number of sulfonamides is 1. The van der Waals surface area contributed by atoms with Gasteiger partial charge >= 0.3 is 5.91 Å². The van der Waals surface area contributed by atoms with Gasteiger partial charge in [0.1, 0.15) is 29.8 Å². The zero-order valence-electron chi connectivity index (χ0n) is 14.2. The number of furan rings is 1. The highest BCUT2D eigenvalue weighted by molar-refractivity contribution is 7.89. The lowest BCUT2D eigenvalue weighted by Gasteiger charge is -2.08. The monoisotopic (exact) mass is 408 g/mol. The third kappa shape index (κ3) is 4.93. The van der Waals surface area contributed by atoms with Gasteiger partial charge in [-0.2, -0.15) is 0 Å². The van der Waals surface area contributed by atoms with E-state index >= 15 is 0 Å². The molecule has 0 aliphatic rings. The number of hydrogen-bond acceptors (Lipinski definition) is 5. The molecule has 10 heteroatoms. The maximum atomic E-state index is 13.2. The van der Waals surface area contributed by atoms with Gasteiger partial charge in [-0.15, -0.1) is 4.83 Å². The molecule has 0 atom stereocenters. The summed E-state index contributed by atoms with van der Waals surface area (Å²) >= 11 is 0. The second kappa shape index (κ2) is 8.19. The normalized spacial score (nSPS) is 11.2. The summed E-state index contributed by atoms with van der Waals surface area (Å²) in [6, 6.07) is 13.5. The van der Waals surface area contributed by atoms with Gasteiger partial charge in [0.2, 0.25) is 0 Å². The van der Waals surface area contributed by atoms with Crippen molar-refractivity contribution in [1.29, 1.82) is 0 Å². The number of para-hydroxylation sites is 1. The minimum Gasteiger partial charge on any atom is -0.486 e. The topological polar surface area (TPSA) is 97.6 Å². The Morgan fingerprint density at radius 3 is 2.36 bits per heavy atom. The Kier molecular flexibility index (Phi) is 5.71. The molecule has 1 heterocycles. The van der Waals surface area contributed by atoms with Crippen LogP contribution in [0.4, 0.5) is 8.78 Å². The van der Waals surface area contributed by atoms with E-state index in [2.05, 4.69) is 0 Å². The summed E-state index contributed by atoms with van der Waals surface area (Å²) in [7, 11) is -4.38. The van der Waals surface area contributed by atoms with Crippen molar-refractivity contribution >= 4 is 15.9 Å². The molecular weight excluding hydrogens is 394 g/mol. The van der Waals surface area contributed by atoms with Crippen LogP contribution in [0, 0.1) is 11.6 Å². The lowest BCUT2D eigenvalue weighted by atomic mass is 10.3. The van der Waals surface area contributed by atoms with Crippen LogP contribution in [0.1, 0.15) is 16.3 Å². The van der Waals surface area contributed by atoms with Crippen LogP contribution in [-0.4, -0.2) is 14.3 Å². The van der Waals surface area contributed by atoms with Crippen molar-refractivity contribution in [3.63, 3.8) is 0 Å². The molecule has 3 aromatic rings. The van der Waals surface area contributed by atoms with Gasteiger partial charge in [-0.1, -0.05) is 18.2 Å². The number of rotatable bonds is 7. The highest BCUT2D eigenvalue weighted by atomic mass is 32.2. The molecule has 0 radical (unpaired) electrons. The minimum absolute atomic E-state index is 0.0611. The van der Waals surface area contributed by atoms with Crippen molar-refractivity contribution in [2.75, 3.05) is 0 Å². The van der Waals surface area contributed by atoms with Crippen molar-refractivity contribution in [2.45, 2.75) is 11.5 Å². The lowest BCUT2D eigenvalue weighted by molar-refractivity contribution is 0.0913. The van der Waals surface area contributed by atoms with Crippen molar-refractivity contribution in [1.82, 2.24) is 10.3 Å². The number of carbonyl (C=O) groups excluding carboxylic acids is 1. The standard InChI is InChI=1S/C18H14F2N2O5S/c19-12-8-13(20)10-16(9-12)28(24,25)22-21-18(23)17-7-6-15(27-17)11-26-14-4-2-1-3-5-14/h1-10,22H,11H2,(H,21,23). The van der Waals surface area contributed by atoms with E-state index in [9.17, 15) is 22.0 Å². The van der Waals surface area contributed by atoms with E-state index in [0.717, 1.165) is 0 Å². The Morgan fingerprint density at radius 1 is 1.00 bits per heavy atom. The fourth-order valence-electron chi connectivity index (χ4n) is 2.17. The minimum atomic E-state index is -4.38. The molecule has 7 nitrogen and oxygen atoms in total. The number of hydrazine groups is 1. The summed E-state index contributed by atoms with van der Waals surface area (Å²) in [5.41, 5.74) is 1.91. The molecular formula is C18H14F2N2O5S. The number of ether oxygens (including phenoxy) is 1. The van der Waals surface area contributed by atoms with Crippen LogP contribution >= 0.6 is 0 Å². The summed E-state index contributed by atoms with van der Waals surface area (Å²) in [4.78, 5) is 13.1. The molecule has 0 saturated carbocycles. The van der Waals surface area contributed by atoms with Crippen LogP contribution in [0.25, 0.3) is 0 Å². The lowest BCUT2D eigenvalue weighted by Crippen LogP contribution is -2.41. The van der Waals surface area contributed by atoms with Crippen LogP contribution in [0.15, 0.2) is 70.0 Å². The zero-order valence-corrected chi connectivity index (χ0v) is 15.0. The average Bonchev–Trinajstić information content (AvgIpc) is 3.14. The SMILES string of the molecule is O=C(NNS(=O)(=O)c1cc(F)cc(F)c1)c1ccc(COc2ccccc2)o1. The molecule has 2 aromatic carbocycles. The van der Waals surface area contributed by atoms with Gasteiger partial charge in [-0.25, -0.2) is 17.2 Å². The van der Waals surface area contributed by atoms with Gasteiger partial charge in [0.25, 0.3) is 10.0 Å². The average molecular weight is 408 g/mol. The fraction of sp³-hybridized carbons (Fsp3) is 0.0556. The predicted molar refractivity (Wildman–Crippen MR) is 93.6 cm³/mol. The van der Waals surface area contributed by atoms with Gasteiger partial charge in [0.15, 0.2) is 5.76 Å². The molecule has 146 valence electrons. The van der Waals surface area contributed by atoms with E-state index in [4.69, 9.17) is 9.15 Å². The van der Waals surface area contributed by atoms with Gasteiger partial charge in [0, 0.05) is 6.07 Å². The summed E-state index contributed by atoms with van der Waals surface area (Å²) in [6.45, 7) is 0.0611. The molecule has 28 heavy (non-hydrogen) atoms. The largest absolute Gasteiger partial charge is 0.486 e. The Bertz CT molecular complexity index is 1060. The second-order valence-electron chi connectivity index (χ2n) is 5.53. The first-order chi connectivity index (χ1) is 13.3. The molecule has 0 fully saturated rings. The molecule has 0 bridgehead atoms. The molecule has 2 N–H and O–H groups in total. The van der Waals surface area contributed by atoms with Crippen LogP contribution in [0.2, 0.25) is 0 Å². The molecule has 0 spiro atoms. The summed E-state index contributed by atoms with van der Waals surface area (Å²) in [5.74, 6) is -2.27. The van der Waals surface area contributed by atoms with Crippen LogP contribution < -0.4 is 15.0 Å². The number of halogens is 2. The molecule has 3 rings (SSSR count). The van der Waals surface area contributed by atoms with Crippen LogP contribution in [-0.2, 0) is 16.6 Å². The number of nitrogens with one attached hydrogen (secondary N) is 2. The quantitative estimate of drug-likeness (QED) is 0.586. The van der Waals surface area contributed by atoms with Gasteiger partial charge < -0.3 is 9.15 Å². The van der Waals surface area contributed by atoms with E-state index in [-0.39, 0.29) is 12.4 Å². The van der Waals surface area contributed by atoms with E-state index in [1.54, 1.807) is 29.1 Å². The van der Waals surface area contributed by atoms with Gasteiger partial charge in [-0.3, -0.25) is 10.2 Å². The van der Waals surface area contributed by atoms with Crippen molar-refractivity contribution < 1.29 is 31.1 Å². The molecule has 1 amide bonds. The van der Waals surface area contributed by atoms with Crippen LogP contribution in [0.3, 0.4) is 0 Å². The fourth-order valence-corrected chi connectivity index (χ4v) is 3.05. The van der Waals surface area contributed by atoms with Crippen LogP contribution in [0.5, 0.6) is 5.75 Å². The maximum absolute atomic E-state index is 13.2. The Morgan fingerprint density at radius 2 is 1.68 bits per heavy atom. The first kappa shape index (κ1) is 19.5. The highest BCUT2D eigenvalue weighted by Gasteiger charge is 2.19. The summed E-state index contributed by atoms with van der Waals surface area (Å²) in [5, 5.41) is 0. The van der Waals surface area contributed by atoms with E-state index in [1.807, 2.05) is 11.5 Å². The number of hydrogen-bond donors (Lipinski definition) is 2. The number of amides is 1. The van der Waals surface area contributed by atoms with E-state index < -0.39 is 32.5 Å². The Labute approximate surface area is 159 Å². The smallest absolute Gasteiger partial charge is 0.301 e. The van der Waals surface area contributed by atoms with E-state index in [1.165, 1.54) is 12.1 Å². The second-order valence-corrected chi connectivity index (χ2v) is 7.21. The van der Waals surface area contributed by atoms with Crippen molar-refractivity contribution in [2.24, 2.45) is 0 Å². The maximum Gasteiger partial charge on any atom is 0.301 e. The van der Waals surface area contributed by atoms with Crippen molar-refractivity contribution in [3.8, 4) is 5.75 Å². The first-order valence-corrected chi connectivity index (χ1v) is 9.36. The Balaban J connectivity index is 1.60. The summed E-state index contributed by atoms with van der Waals surface area (Å²) < 4.78 is 61.2. The molecule has 0 unspecified atom stereocenters. The van der Waals surface area contributed by atoms with Crippen molar-refractivity contribution in [3.05, 3.63) is 83.8 Å². The Hall–Kier alpha value is -3.24. The number of benzene rings is 2. The zero-order chi connectivity index (χ0) is 20.1. The third-order valence-corrected chi connectivity index (χ3v) is 4.68. The molecule has 0 saturated heterocycles.